The van der Waals surface area contributed by atoms with E-state index in [0.717, 1.165) is 24.8 Å². The van der Waals surface area contributed by atoms with Gasteiger partial charge in [-0.25, -0.2) is 0 Å². The average molecular weight is 367 g/mol. The molecule has 5 nitrogen and oxygen atoms in total. The van der Waals surface area contributed by atoms with Gasteiger partial charge in [-0.3, -0.25) is 4.79 Å². The van der Waals surface area contributed by atoms with Crippen LogP contribution in [0.1, 0.15) is 50.5 Å². The highest BCUT2D eigenvalue weighted by Crippen LogP contribution is 2.37. The van der Waals surface area contributed by atoms with Gasteiger partial charge >= 0.3 is 0 Å². The smallest absolute Gasteiger partial charge is 0.221 e. The van der Waals surface area contributed by atoms with Crippen molar-refractivity contribution >= 4 is 17.5 Å². The second-order valence-electron chi connectivity index (χ2n) is 6.78. The normalized spacial score (nSPS) is 17.8. The fourth-order valence-electron chi connectivity index (χ4n) is 3.37. The lowest BCUT2D eigenvalue weighted by molar-refractivity contribution is -0.121. The molecule has 0 radical (unpaired) electrons. The van der Waals surface area contributed by atoms with Crippen LogP contribution in [-0.4, -0.2) is 31.7 Å². The van der Waals surface area contributed by atoms with Gasteiger partial charge in [-0.15, -0.1) is 0 Å². The Balaban J connectivity index is 1.42. The molecule has 1 saturated carbocycles. The number of benzene rings is 1. The molecule has 0 unspecified atom stereocenters. The van der Waals surface area contributed by atoms with Crippen LogP contribution in [0.2, 0.25) is 5.02 Å². The summed E-state index contributed by atoms with van der Waals surface area (Å²) in [5.41, 5.74) is 1.03. The molecule has 1 amide bonds. The molecule has 0 bridgehead atoms. The summed E-state index contributed by atoms with van der Waals surface area (Å²) in [6.07, 6.45) is 7.35. The third-order valence-electron chi connectivity index (χ3n) is 4.69. The monoisotopic (exact) mass is 366 g/mol. The Hall–Kier alpha value is -1.46. The van der Waals surface area contributed by atoms with Gasteiger partial charge in [0.05, 0.1) is 18.2 Å². The number of rotatable bonds is 6. The van der Waals surface area contributed by atoms with Gasteiger partial charge in [-0.1, -0.05) is 30.9 Å². The Labute approximate surface area is 154 Å². The number of fused-ring (bicyclic) bond motifs is 1. The molecule has 0 atom stereocenters. The molecule has 1 aliphatic carbocycles. The van der Waals surface area contributed by atoms with Crippen LogP contribution >= 0.6 is 11.6 Å². The summed E-state index contributed by atoms with van der Waals surface area (Å²) in [6.45, 7) is 2.56. The number of nitrogens with one attached hydrogen (secondary N) is 2. The van der Waals surface area contributed by atoms with Crippen LogP contribution in [-0.2, 0) is 11.3 Å². The van der Waals surface area contributed by atoms with Crippen molar-refractivity contribution in [1.82, 2.24) is 10.6 Å². The topological polar surface area (TPSA) is 59.6 Å². The average Bonchev–Trinajstić information content (AvgIpc) is 2.85. The van der Waals surface area contributed by atoms with Crippen molar-refractivity contribution in [3.63, 3.8) is 0 Å². The highest BCUT2D eigenvalue weighted by molar-refractivity contribution is 6.32. The minimum absolute atomic E-state index is 0.135. The molecule has 25 heavy (non-hydrogen) atoms. The van der Waals surface area contributed by atoms with Gasteiger partial charge in [-0.05, 0) is 30.5 Å². The van der Waals surface area contributed by atoms with Crippen molar-refractivity contribution in [3.8, 4) is 11.5 Å². The van der Waals surface area contributed by atoms with Gasteiger partial charge in [0.2, 0.25) is 5.91 Å². The van der Waals surface area contributed by atoms with E-state index in [9.17, 15) is 4.79 Å². The third kappa shape index (κ3) is 5.51. The van der Waals surface area contributed by atoms with Crippen LogP contribution in [0.5, 0.6) is 11.5 Å². The van der Waals surface area contributed by atoms with Crippen molar-refractivity contribution in [1.29, 1.82) is 0 Å². The van der Waals surface area contributed by atoms with E-state index in [-0.39, 0.29) is 5.91 Å². The molecule has 2 N–H and O–H groups in total. The van der Waals surface area contributed by atoms with E-state index in [1.54, 1.807) is 0 Å². The van der Waals surface area contributed by atoms with Crippen molar-refractivity contribution in [2.75, 3.05) is 19.8 Å². The first-order valence-electron chi connectivity index (χ1n) is 9.30. The van der Waals surface area contributed by atoms with E-state index in [1.165, 1.54) is 19.3 Å². The standard InChI is InChI=1S/C19H27ClN2O3/c20-16-11-14(12-17-19(16)25-10-4-9-24-17)13-21-8-7-18(23)22-15-5-2-1-3-6-15/h11-12,15,21H,1-10,13H2,(H,22,23). The highest BCUT2D eigenvalue weighted by atomic mass is 35.5. The maximum atomic E-state index is 12.0. The van der Waals surface area contributed by atoms with Crippen molar-refractivity contribution in [2.24, 2.45) is 0 Å². The summed E-state index contributed by atoms with van der Waals surface area (Å²) in [5.74, 6) is 1.47. The summed E-state index contributed by atoms with van der Waals surface area (Å²) in [6, 6.07) is 4.23. The summed E-state index contributed by atoms with van der Waals surface area (Å²) < 4.78 is 11.3. The molecule has 0 spiro atoms. The summed E-state index contributed by atoms with van der Waals surface area (Å²) in [4.78, 5) is 12.0. The van der Waals surface area contributed by atoms with Gasteiger partial charge in [0.25, 0.3) is 0 Å². The Kier molecular flexibility index (Phi) is 6.82. The number of carbonyl (C=O) groups excluding carboxylic acids is 1. The largest absolute Gasteiger partial charge is 0.489 e. The quantitative estimate of drug-likeness (QED) is 0.757. The molecule has 3 rings (SSSR count). The van der Waals surface area contributed by atoms with Crippen molar-refractivity contribution in [2.45, 2.75) is 57.5 Å². The molecule has 138 valence electrons. The molecule has 0 aromatic heterocycles. The number of hydrogen-bond donors (Lipinski definition) is 2. The molecule has 1 aliphatic heterocycles. The van der Waals surface area contributed by atoms with E-state index < -0.39 is 0 Å². The molecule has 2 aliphatic rings. The highest BCUT2D eigenvalue weighted by Gasteiger charge is 2.16. The van der Waals surface area contributed by atoms with E-state index >= 15 is 0 Å². The molecule has 0 saturated heterocycles. The zero-order valence-electron chi connectivity index (χ0n) is 14.6. The molecular formula is C19H27ClN2O3. The molecule has 1 heterocycles. The Bertz CT molecular complexity index is 588. The minimum atomic E-state index is 0.135. The predicted molar refractivity (Wildman–Crippen MR) is 98.4 cm³/mol. The van der Waals surface area contributed by atoms with Gasteiger partial charge in [0, 0.05) is 32.0 Å². The third-order valence-corrected chi connectivity index (χ3v) is 4.97. The van der Waals surface area contributed by atoms with Crippen molar-refractivity contribution < 1.29 is 14.3 Å². The number of halogens is 1. The van der Waals surface area contributed by atoms with E-state index in [4.69, 9.17) is 21.1 Å². The number of carbonyl (C=O) groups is 1. The second-order valence-corrected chi connectivity index (χ2v) is 7.19. The fraction of sp³-hybridized carbons (Fsp3) is 0.632. The summed E-state index contributed by atoms with van der Waals surface area (Å²) in [5, 5.41) is 7.02. The maximum absolute atomic E-state index is 12.0. The SMILES string of the molecule is O=C(CCNCc1cc(Cl)c2c(c1)OCCCO2)NC1CCCCC1. The van der Waals surface area contributed by atoms with Crippen LogP contribution in [0.15, 0.2) is 12.1 Å². The fourth-order valence-corrected chi connectivity index (χ4v) is 3.66. The van der Waals surface area contributed by atoms with E-state index in [2.05, 4.69) is 10.6 Å². The van der Waals surface area contributed by atoms with Crippen molar-refractivity contribution in [3.05, 3.63) is 22.7 Å². The molecule has 1 aromatic carbocycles. The van der Waals surface area contributed by atoms with Crippen LogP contribution in [0.25, 0.3) is 0 Å². The molecule has 1 aromatic rings. The van der Waals surface area contributed by atoms with Crippen LogP contribution < -0.4 is 20.1 Å². The first-order chi connectivity index (χ1) is 12.2. The van der Waals surface area contributed by atoms with Gasteiger partial charge in [0.15, 0.2) is 11.5 Å². The van der Waals surface area contributed by atoms with Gasteiger partial charge < -0.3 is 20.1 Å². The predicted octanol–water partition coefficient (Wildman–Crippen LogP) is 3.43. The lowest BCUT2D eigenvalue weighted by Crippen LogP contribution is -2.37. The number of ether oxygens (including phenoxy) is 2. The van der Waals surface area contributed by atoms with Gasteiger partial charge in [0.1, 0.15) is 0 Å². The van der Waals surface area contributed by atoms with E-state index in [1.807, 2.05) is 12.1 Å². The minimum Gasteiger partial charge on any atom is -0.489 e. The molecular weight excluding hydrogens is 340 g/mol. The Morgan fingerprint density at radius 1 is 1.12 bits per heavy atom. The van der Waals surface area contributed by atoms with Gasteiger partial charge in [-0.2, -0.15) is 0 Å². The molecule has 6 heteroatoms. The Morgan fingerprint density at radius 3 is 2.76 bits per heavy atom. The second kappa shape index (κ2) is 9.30. The maximum Gasteiger partial charge on any atom is 0.221 e. The van der Waals surface area contributed by atoms with Crippen LogP contribution in [0.4, 0.5) is 0 Å². The first kappa shape index (κ1) is 18.3. The summed E-state index contributed by atoms with van der Waals surface area (Å²) in [7, 11) is 0. The summed E-state index contributed by atoms with van der Waals surface area (Å²) >= 11 is 6.29. The first-order valence-corrected chi connectivity index (χ1v) is 9.68. The number of hydrogen-bond acceptors (Lipinski definition) is 4. The lowest BCUT2D eigenvalue weighted by atomic mass is 9.95. The lowest BCUT2D eigenvalue weighted by Gasteiger charge is -2.22. The van der Waals surface area contributed by atoms with E-state index in [0.29, 0.717) is 55.3 Å². The molecule has 1 fully saturated rings. The number of amides is 1. The van der Waals surface area contributed by atoms with Crippen LogP contribution in [0.3, 0.4) is 0 Å². The Morgan fingerprint density at radius 2 is 1.92 bits per heavy atom. The zero-order valence-corrected chi connectivity index (χ0v) is 15.4. The van der Waals surface area contributed by atoms with Crippen LogP contribution in [0, 0.1) is 0 Å². The zero-order chi connectivity index (χ0) is 17.5.